The minimum atomic E-state index is -1.40. The number of rotatable bonds is 12. The lowest BCUT2D eigenvalue weighted by Crippen LogP contribution is -2.58. The SMILES string of the molecule is CC(C)CC(NC(=O)C(N)C(C)O)C(=O)N1CCCC1C(=O)NC(CCC(=O)O)C(=O)O. The van der Waals surface area contributed by atoms with Crippen LogP contribution in [0.5, 0.6) is 0 Å². The second kappa shape index (κ2) is 12.3. The van der Waals surface area contributed by atoms with Crippen LogP contribution in [0.4, 0.5) is 0 Å². The van der Waals surface area contributed by atoms with Gasteiger partial charge in [0, 0.05) is 13.0 Å². The van der Waals surface area contributed by atoms with Crippen molar-refractivity contribution < 1.29 is 39.3 Å². The number of likely N-dealkylation sites (tertiary alicyclic amines) is 1. The Balaban J connectivity index is 2.95. The normalized spacial score (nSPS) is 19.7. The first kappa shape index (κ1) is 27.3. The molecule has 1 heterocycles. The Morgan fingerprint density at radius 3 is 2.19 bits per heavy atom. The number of nitrogens with two attached hydrogens (primary N) is 1. The van der Waals surface area contributed by atoms with Gasteiger partial charge in [-0.25, -0.2) is 4.79 Å². The number of nitrogens with one attached hydrogen (secondary N) is 2. The predicted molar refractivity (Wildman–Crippen MR) is 112 cm³/mol. The van der Waals surface area contributed by atoms with E-state index in [1.165, 1.54) is 11.8 Å². The number of carbonyl (C=O) groups is 5. The van der Waals surface area contributed by atoms with Gasteiger partial charge in [0.25, 0.3) is 0 Å². The summed E-state index contributed by atoms with van der Waals surface area (Å²) in [6.45, 7) is 5.31. The fraction of sp³-hybridized carbons (Fsp3) is 0.750. The van der Waals surface area contributed by atoms with E-state index in [0.717, 1.165) is 0 Å². The first-order valence-corrected chi connectivity index (χ1v) is 10.6. The largest absolute Gasteiger partial charge is 0.481 e. The van der Waals surface area contributed by atoms with Crippen LogP contribution in [0.1, 0.15) is 52.9 Å². The second-order valence-electron chi connectivity index (χ2n) is 8.48. The van der Waals surface area contributed by atoms with Crippen LogP contribution in [-0.2, 0) is 24.0 Å². The summed E-state index contributed by atoms with van der Waals surface area (Å²) >= 11 is 0. The average Bonchev–Trinajstić information content (AvgIpc) is 3.18. The van der Waals surface area contributed by atoms with Gasteiger partial charge in [-0.3, -0.25) is 19.2 Å². The van der Waals surface area contributed by atoms with Crippen molar-refractivity contribution in [2.24, 2.45) is 11.7 Å². The fourth-order valence-corrected chi connectivity index (χ4v) is 3.48. The summed E-state index contributed by atoms with van der Waals surface area (Å²) in [7, 11) is 0. The van der Waals surface area contributed by atoms with Crippen molar-refractivity contribution in [3.8, 4) is 0 Å². The Labute approximate surface area is 186 Å². The monoisotopic (exact) mass is 458 g/mol. The summed E-state index contributed by atoms with van der Waals surface area (Å²) in [4.78, 5) is 61.6. The number of hydrogen-bond acceptors (Lipinski definition) is 7. The lowest BCUT2D eigenvalue weighted by Gasteiger charge is -2.30. The van der Waals surface area contributed by atoms with Crippen molar-refractivity contribution in [3.05, 3.63) is 0 Å². The molecule has 12 heteroatoms. The third kappa shape index (κ3) is 8.08. The summed E-state index contributed by atoms with van der Waals surface area (Å²) < 4.78 is 0. The van der Waals surface area contributed by atoms with Gasteiger partial charge < -0.3 is 36.6 Å². The number of hydrogen-bond donors (Lipinski definition) is 6. The molecule has 3 amide bonds. The summed E-state index contributed by atoms with van der Waals surface area (Å²) in [5.41, 5.74) is 5.65. The van der Waals surface area contributed by atoms with Crippen molar-refractivity contribution >= 4 is 29.7 Å². The maximum Gasteiger partial charge on any atom is 0.326 e. The van der Waals surface area contributed by atoms with Gasteiger partial charge >= 0.3 is 11.9 Å². The quantitative estimate of drug-likeness (QED) is 0.204. The van der Waals surface area contributed by atoms with Gasteiger partial charge in [0.2, 0.25) is 17.7 Å². The Hall–Kier alpha value is -2.73. The molecule has 1 aliphatic rings. The molecule has 0 aromatic heterocycles. The number of aliphatic hydroxyl groups is 1. The third-order valence-electron chi connectivity index (χ3n) is 5.24. The molecule has 0 aliphatic carbocycles. The molecular formula is C20H34N4O8. The van der Waals surface area contributed by atoms with Crippen LogP contribution in [0, 0.1) is 5.92 Å². The van der Waals surface area contributed by atoms with Crippen LogP contribution < -0.4 is 16.4 Å². The maximum absolute atomic E-state index is 13.2. The minimum absolute atomic E-state index is 0.0225. The molecule has 0 saturated carbocycles. The van der Waals surface area contributed by atoms with Crippen LogP contribution in [0.15, 0.2) is 0 Å². The smallest absolute Gasteiger partial charge is 0.326 e. The van der Waals surface area contributed by atoms with Gasteiger partial charge in [-0.1, -0.05) is 13.8 Å². The van der Waals surface area contributed by atoms with Crippen molar-refractivity contribution in [1.29, 1.82) is 0 Å². The van der Waals surface area contributed by atoms with E-state index in [-0.39, 0.29) is 25.3 Å². The number of aliphatic carboxylic acids is 2. The molecule has 5 unspecified atom stereocenters. The van der Waals surface area contributed by atoms with E-state index in [9.17, 15) is 34.2 Å². The van der Waals surface area contributed by atoms with Crippen LogP contribution in [0.3, 0.4) is 0 Å². The number of nitrogens with zero attached hydrogens (tertiary/aromatic N) is 1. The van der Waals surface area contributed by atoms with E-state index in [0.29, 0.717) is 12.8 Å². The highest BCUT2D eigenvalue weighted by molar-refractivity contribution is 5.94. The number of carboxylic acid groups (broad SMARTS) is 2. The number of amides is 3. The second-order valence-corrected chi connectivity index (χ2v) is 8.48. The fourth-order valence-electron chi connectivity index (χ4n) is 3.48. The molecule has 1 rings (SSSR count). The molecule has 182 valence electrons. The number of carbonyl (C=O) groups excluding carboxylic acids is 3. The molecule has 1 aliphatic heterocycles. The molecule has 7 N–H and O–H groups in total. The topological polar surface area (TPSA) is 199 Å². The summed E-state index contributed by atoms with van der Waals surface area (Å²) in [5.74, 6) is -4.42. The Morgan fingerprint density at radius 1 is 1.06 bits per heavy atom. The summed E-state index contributed by atoms with van der Waals surface area (Å²) in [6.07, 6.45) is -0.756. The van der Waals surface area contributed by atoms with E-state index >= 15 is 0 Å². The van der Waals surface area contributed by atoms with Crippen molar-refractivity contribution in [3.63, 3.8) is 0 Å². The average molecular weight is 459 g/mol. The van der Waals surface area contributed by atoms with E-state index in [4.69, 9.17) is 10.8 Å². The molecule has 0 spiro atoms. The van der Waals surface area contributed by atoms with Crippen LogP contribution in [-0.4, -0.2) is 86.7 Å². The van der Waals surface area contributed by atoms with E-state index in [1.54, 1.807) is 0 Å². The van der Waals surface area contributed by atoms with Gasteiger partial charge in [-0.05, 0) is 38.5 Å². The first-order valence-electron chi connectivity index (χ1n) is 10.6. The zero-order valence-corrected chi connectivity index (χ0v) is 18.6. The van der Waals surface area contributed by atoms with Gasteiger partial charge in [-0.2, -0.15) is 0 Å². The van der Waals surface area contributed by atoms with Crippen molar-refractivity contribution in [1.82, 2.24) is 15.5 Å². The Kier molecular flexibility index (Phi) is 10.5. The first-order chi connectivity index (χ1) is 14.8. The zero-order chi connectivity index (χ0) is 24.6. The molecule has 5 atom stereocenters. The van der Waals surface area contributed by atoms with E-state index < -0.39 is 66.4 Å². The van der Waals surface area contributed by atoms with E-state index in [2.05, 4.69) is 10.6 Å². The van der Waals surface area contributed by atoms with Gasteiger partial charge in [0.1, 0.15) is 24.2 Å². The minimum Gasteiger partial charge on any atom is -0.481 e. The Morgan fingerprint density at radius 2 is 1.69 bits per heavy atom. The highest BCUT2D eigenvalue weighted by atomic mass is 16.4. The highest BCUT2D eigenvalue weighted by Gasteiger charge is 2.39. The van der Waals surface area contributed by atoms with E-state index in [1.807, 2.05) is 13.8 Å². The van der Waals surface area contributed by atoms with Gasteiger partial charge in [0.15, 0.2) is 0 Å². The maximum atomic E-state index is 13.2. The van der Waals surface area contributed by atoms with Crippen molar-refractivity contribution in [2.45, 2.75) is 83.1 Å². The molecule has 0 aromatic rings. The zero-order valence-electron chi connectivity index (χ0n) is 18.6. The highest BCUT2D eigenvalue weighted by Crippen LogP contribution is 2.21. The summed E-state index contributed by atoms with van der Waals surface area (Å²) in [6, 6.07) is -4.53. The summed E-state index contributed by atoms with van der Waals surface area (Å²) in [5, 5.41) is 32.4. The van der Waals surface area contributed by atoms with Crippen LogP contribution in [0.2, 0.25) is 0 Å². The number of carboxylic acids is 2. The molecule has 0 aromatic carbocycles. The standard InChI is InChI=1S/C20H34N4O8/c1-10(2)9-13(23-18(29)16(21)11(3)25)19(30)24-8-4-5-14(24)17(28)22-12(20(31)32)6-7-15(26)27/h10-14,16,25H,4-9,21H2,1-3H3,(H,22,28)(H,23,29)(H,26,27)(H,31,32). The molecule has 12 nitrogen and oxygen atoms in total. The third-order valence-corrected chi connectivity index (χ3v) is 5.24. The molecule has 0 bridgehead atoms. The molecule has 1 fully saturated rings. The lowest BCUT2D eigenvalue weighted by molar-refractivity contribution is -0.145. The van der Waals surface area contributed by atoms with Crippen LogP contribution >= 0.6 is 0 Å². The molecular weight excluding hydrogens is 424 g/mol. The molecule has 32 heavy (non-hydrogen) atoms. The van der Waals surface area contributed by atoms with Gasteiger partial charge in [0.05, 0.1) is 6.10 Å². The molecule has 1 saturated heterocycles. The molecule has 0 radical (unpaired) electrons. The lowest BCUT2D eigenvalue weighted by atomic mass is 10.0. The van der Waals surface area contributed by atoms with Crippen LogP contribution in [0.25, 0.3) is 0 Å². The van der Waals surface area contributed by atoms with Crippen molar-refractivity contribution in [2.75, 3.05) is 6.54 Å². The Bertz CT molecular complexity index is 712. The number of aliphatic hydroxyl groups excluding tert-OH is 1. The predicted octanol–water partition coefficient (Wildman–Crippen LogP) is -1.35. The van der Waals surface area contributed by atoms with Gasteiger partial charge in [-0.15, -0.1) is 0 Å².